The van der Waals surface area contributed by atoms with Gasteiger partial charge in [-0.05, 0) is 31.7 Å². The summed E-state index contributed by atoms with van der Waals surface area (Å²) < 4.78 is 5.31. The molecule has 0 radical (unpaired) electrons. The zero-order valence-electron chi connectivity index (χ0n) is 14.3. The van der Waals surface area contributed by atoms with Crippen molar-refractivity contribution in [3.8, 4) is 0 Å². The average Bonchev–Trinajstić information content (AvgIpc) is 3.33. The highest BCUT2D eigenvalue weighted by molar-refractivity contribution is 5.75. The second-order valence-electron chi connectivity index (χ2n) is 7.09. The van der Waals surface area contributed by atoms with Gasteiger partial charge >= 0.3 is 6.03 Å². The van der Waals surface area contributed by atoms with E-state index in [4.69, 9.17) is 4.52 Å². The molecule has 2 heterocycles. The van der Waals surface area contributed by atoms with E-state index in [1.807, 2.05) is 23.1 Å². The van der Waals surface area contributed by atoms with Crippen LogP contribution in [0.1, 0.15) is 48.0 Å². The van der Waals surface area contributed by atoms with Gasteiger partial charge < -0.3 is 14.7 Å². The smallest absolute Gasteiger partial charge is 0.317 e. The van der Waals surface area contributed by atoms with Crippen LogP contribution in [0.2, 0.25) is 0 Å². The zero-order valence-corrected chi connectivity index (χ0v) is 14.3. The molecule has 132 valence electrons. The number of rotatable bonds is 3. The fourth-order valence-electron chi connectivity index (χ4n) is 3.77. The van der Waals surface area contributed by atoms with Gasteiger partial charge in [-0.2, -0.15) is 5.16 Å². The summed E-state index contributed by atoms with van der Waals surface area (Å²) in [5.41, 5.74) is 1.80. The molecular weight excluding hydrogens is 318 g/mol. The molecule has 0 spiro atoms. The molecular formula is C19H23N3O3. The number of aromatic amines is 1. The number of nitrogens with one attached hydrogen (secondary N) is 2. The Morgan fingerprint density at radius 1 is 1.24 bits per heavy atom. The van der Waals surface area contributed by atoms with Crippen molar-refractivity contribution in [2.45, 2.75) is 44.1 Å². The molecule has 2 atom stereocenters. The highest BCUT2D eigenvalue weighted by Gasteiger charge is 2.40. The van der Waals surface area contributed by atoms with Crippen molar-refractivity contribution in [3.63, 3.8) is 0 Å². The molecule has 4 rings (SSSR count). The number of nitrogens with zero attached hydrogens (tertiary/aromatic N) is 1. The van der Waals surface area contributed by atoms with Crippen molar-refractivity contribution in [1.29, 1.82) is 0 Å². The van der Waals surface area contributed by atoms with Crippen molar-refractivity contribution >= 4 is 6.03 Å². The van der Waals surface area contributed by atoms with Crippen LogP contribution in [0.3, 0.4) is 0 Å². The van der Waals surface area contributed by atoms with Crippen LogP contribution < -0.4 is 10.9 Å². The van der Waals surface area contributed by atoms with Gasteiger partial charge in [0.15, 0.2) is 0 Å². The first-order valence-corrected chi connectivity index (χ1v) is 8.92. The van der Waals surface area contributed by atoms with Crippen molar-refractivity contribution in [1.82, 2.24) is 15.4 Å². The van der Waals surface area contributed by atoms with E-state index in [-0.39, 0.29) is 23.6 Å². The minimum absolute atomic E-state index is 0.0223. The highest BCUT2D eigenvalue weighted by atomic mass is 16.5. The number of carbonyl (C=O) groups is 1. The number of H-pyrrole nitrogens is 1. The fraction of sp³-hybridized carbons (Fsp3) is 0.474. The molecule has 1 aromatic carbocycles. The lowest BCUT2D eigenvalue weighted by atomic mass is 9.92. The summed E-state index contributed by atoms with van der Waals surface area (Å²) in [5, 5.41) is 5.55. The third kappa shape index (κ3) is 3.21. The summed E-state index contributed by atoms with van der Waals surface area (Å²) in [6, 6.07) is 10.6. The first kappa shape index (κ1) is 16.0. The van der Waals surface area contributed by atoms with Crippen LogP contribution in [-0.2, 0) is 0 Å². The Labute approximate surface area is 146 Å². The van der Waals surface area contributed by atoms with E-state index in [0.29, 0.717) is 24.6 Å². The molecule has 0 bridgehead atoms. The van der Waals surface area contributed by atoms with E-state index < -0.39 is 0 Å². The van der Waals surface area contributed by atoms with Gasteiger partial charge in [0, 0.05) is 31.0 Å². The Kier molecular flexibility index (Phi) is 4.11. The Hall–Kier alpha value is -2.50. The topological polar surface area (TPSA) is 78.3 Å². The molecule has 2 N–H and O–H groups in total. The predicted octanol–water partition coefficient (Wildman–Crippen LogP) is 2.72. The molecule has 0 unspecified atom stereocenters. The van der Waals surface area contributed by atoms with Crippen molar-refractivity contribution in [3.05, 3.63) is 57.6 Å². The summed E-state index contributed by atoms with van der Waals surface area (Å²) in [5.74, 6) is 1.40. The number of hydrogen-bond acceptors (Lipinski definition) is 3. The average molecular weight is 341 g/mol. The van der Waals surface area contributed by atoms with Crippen molar-refractivity contribution < 1.29 is 9.32 Å². The van der Waals surface area contributed by atoms with E-state index in [1.54, 1.807) is 6.92 Å². The Morgan fingerprint density at radius 3 is 2.60 bits per heavy atom. The summed E-state index contributed by atoms with van der Waals surface area (Å²) in [6.07, 6.45) is 2.66. The normalized spacial score (nSPS) is 23.5. The standard InChI is InChI=1S/C19H23N3O3/c1-12-17(25-21-18(12)23)14-7-9-22(10-8-14)19(24)20-16-11-15(16)13-5-3-2-4-6-13/h2-6,14-16H,7-11H2,1H3,(H,20,24)(H,21,23)/t15-,16+/m0/s1. The van der Waals surface area contributed by atoms with E-state index in [0.717, 1.165) is 25.0 Å². The van der Waals surface area contributed by atoms with Crippen molar-refractivity contribution in [2.75, 3.05) is 13.1 Å². The number of carbonyl (C=O) groups excluding carboxylic acids is 1. The number of aromatic nitrogens is 1. The summed E-state index contributed by atoms with van der Waals surface area (Å²) in [7, 11) is 0. The summed E-state index contributed by atoms with van der Waals surface area (Å²) in [4.78, 5) is 25.9. The molecule has 1 aliphatic carbocycles. The number of piperidine rings is 1. The van der Waals surface area contributed by atoms with Gasteiger partial charge in [-0.15, -0.1) is 0 Å². The highest BCUT2D eigenvalue weighted by Crippen LogP contribution is 2.40. The quantitative estimate of drug-likeness (QED) is 0.901. The third-order valence-electron chi connectivity index (χ3n) is 5.44. The molecule has 2 aliphatic rings. The van der Waals surface area contributed by atoms with Crippen LogP contribution in [0.5, 0.6) is 0 Å². The maximum Gasteiger partial charge on any atom is 0.317 e. The van der Waals surface area contributed by atoms with Crippen LogP contribution in [0.4, 0.5) is 4.79 Å². The molecule has 1 aromatic heterocycles. The fourth-order valence-corrected chi connectivity index (χ4v) is 3.77. The maximum atomic E-state index is 12.5. The van der Waals surface area contributed by atoms with E-state index in [1.165, 1.54) is 5.56 Å². The monoisotopic (exact) mass is 341 g/mol. The van der Waals surface area contributed by atoms with Crippen molar-refractivity contribution in [2.24, 2.45) is 0 Å². The first-order valence-electron chi connectivity index (χ1n) is 8.92. The molecule has 2 aromatic rings. The van der Waals surface area contributed by atoms with E-state index in [9.17, 15) is 9.59 Å². The minimum atomic E-state index is -0.157. The van der Waals surface area contributed by atoms with Gasteiger partial charge in [-0.3, -0.25) is 4.79 Å². The molecule has 1 saturated carbocycles. The largest absolute Gasteiger partial charge is 0.383 e. The zero-order chi connectivity index (χ0) is 17.4. The summed E-state index contributed by atoms with van der Waals surface area (Å²) >= 11 is 0. The van der Waals surface area contributed by atoms with Crippen LogP contribution in [0, 0.1) is 6.92 Å². The molecule has 2 amide bonds. The van der Waals surface area contributed by atoms with Gasteiger partial charge in [0.1, 0.15) is 5.76 Å². The van der Waals surface area contributed by atoms with E-state index >= 15 is 0 Å². The molecule has 6 nitrogen and oxygen atoms in total. The van der Waals surface area contributed by atoms with Gasteiger partial charge in [-0.1, -0.05) is 30.3 Å². The number of urea groups is 1. The SMILES string of the molecule is Cc1c(C2CCN(C(=O)N[C@@H]3C[C@H]3c3ccccc3)CC2)o[nH]c1=O. The third-order valence-corrected chi connectivity index (χ3v) is 5.44. The van der Waals surface area contributed by atoms with E-state index in [2.05, 4.69) is 22.6 Å². The van der Waals surface area contributed by atoms with Crippen LogP contribution >= 0.6 is 0 Å². The Bertz CT molecular complexity index is 803. The summed E-state index contributed by atoms with van der Waals surface area (Å²) in [6.45, 7) is 3.16. The maximum absolute atomic E-state index is 12.5. The van der Waals surface area contributed by atoms with Gasteiger partial charge in [-0.25, -0.2) is 4.79 Å². The molecule has 6 heteroatoms. The first-order chi connectivity index (χ1) is 12.1. The Balaban J connectivity index is 1.29. The minimum Gasteiger partial charge on any atom is -0.383 e. The lowest BCUT2D eigenvalue weighted by molar-refractivity contribution is 0.175. The molecule has 25 heavy (non-hydrogen) atoms. The number of hydrogen-bond donors (Lipinski definition) is 2. The molecule has 1 aliphatic heterocycles. The molecule has 2 fully saturated rings. The number of amides is 2. The Morgan fingerprint density at radius 2 is 1.96 bits per heavy atom. The van der Waals surface area contributed by atoms with Crippen LogP contribution in [0.15, 0.2) is 39.6 Å². The number of likely N-dealkylation sites (tertiary alicyclic amines) is 1. The number of benzene rings is 1. The predicted molar refractivity (Wildman–Crippen MR) is 93.7 cm³/mol. The van der Waals surface area contributed by atoms with Crippen LogP contribution in [0.25, 0.3) is 0 Å². The lowest BCUT2D eigenvalue weighted by Crippen LogP contribution is -2.45. The second kappa shape index (κ2) is 6.43. The van der Waals surface area contributed by atoms with Crippen LogP contribution in [-0.4, -0.2) is 35.2 Å². The van der Waals surface area contributed by atoms with Gasteiger partial charge in [0.05, 0.1) is 5.56 Å². The van der Waals surface area contributed by atoms with Gasteiger partial charge in [0.2, 0.25) is 0 Å². The van der Waals surface area contributed by atoms with Gasteiger partial charge in [0.25, 0.3) is 5.56 Å². The lowest BCUT2D eigenvalue weighted by Gasteiger charge is -2.31. The second-order valence-corrected chi connectivity index (χ2v) is 7.09. The molecule has 1 saturated heterocycles.